The van der Waals surface area contributed by atoms with Crippen molar-refractivity contribution in [1.29, 1.82) is 0 Å². The summed E-state index contributed by atoms with van der Waals surface area (Å²) in [4.78, 5) is 34.2. The van der Waals surface area contributed by atoms with E-state index in [1.165, 1.54) is 30.6 Å². The third kappa shape index (κ3) is 4.55. The molecule has 0 spiro atoms. The summed E-state index contributed by atoms with van der Waals surface area (Å²) in [5.41, 5.74) is 1.46. The summed E-state index contributed by atoms with van der Waals surface area (Å²) in [7, 11) is 1.61. The Bertz CT molecular complexity index is 1450. The lowest BCUT2D eigenvalue weighted by Crippen LogP contribution is -2.35. The van der Waals surface area contributed by atoms with Gasteiger partial charge in [-0.25, -0.2) is 14.4 Å². The van der Waals surface area contributed by atoms with Crippen molar-refractivity contribution < 1.29 is 23.5 Å². The summed E-state index contributed by atoms with van der Waals surface area (Å²) < 4.78 is 24.4. The number of ether oxygens (including phenoxy) is 2. The number of hydrogen-bond acceptors (Lipinski definition) is 6. The zero-order chi connectivity index (χ0) is 25.3. The fourth-order valence-corrected chi connectivity index (χ4v) is 3.90. The van der Waals surface area contributed by atoms with Gasteiger partial charge in [-0.05, 0) is 79.9 Å². The molecule has 1 aliphatic carbocycles. The first-order chi connectivity index (χ1) is 17.4. The summed E-state index contributed by atoms with van der Waals surface area (Å²) in [6.07, 6.45) is 2.31. The van der Waals surface area contributed by atoms with E-state index >= 15 is 0 Å². The van der Waals surface area contributed by atoms with Gasteiger partial charge in [-0.2, -0.15) is 0 Å². The first-order valence-corrected chi connectivity index (χ1v) is 11.3. The minimum Gasteiger partial charge on any atom is -0.496 e. The van der Waals surface area contributed by atoms with Crippen molar-refractivity contribution in [3.05, 3.63) is 78.4 Å². The van der Waals surface area contributed by atoms with Crippen LogP contribution in [-0.4, -0.2) is 28.9 Å². The number of rotatable bonds is 7. The maximum atomic E-state index is 13.1. The Kier molecular flexibility index (Phi) is 5.97. The molecule has 4 aromatic rings. The molecule has 3 aromatic carbocycles. The Hall–Kier alpha value is -4.53. The minimum atomic E-state index is -1.14. The molecule has 0 bridgehead atoms. The molecule has 1 aromatic heterocycles. The van der Waals surface area contributed by atoms with Crippen LogP contribution in [0.3, 0.4) is 0 Å². The van der Waals surface area contributed by atoms with Crippen LogP contribution in [-0.2, 0) is 9.59 Å². The molecule has 36 heavy (non-hydrogen) atoms. The van der Waals surface area contributed by atoms with Crippen LogP contribution in [0.4, 0.5) is 15.8 Å². The predicted molar refractivity (Wildman–Crippen MR) is 133 cm³/mol. The predicted octanol–water partition coefficient (Wildman–Crippen LogP) is 5.24. The van der Waals surface area contributed by atoms with Crippen LogP contribution >= 0.6 is 0 Å². The monoisotopic (exact) mass is 486 g/mol. The maximum Gasteiger partial charge on any atom is 0.240 e. The number of anilines is 2. The van der Waals surface area contributed by atoms with Crippen molar-refractivity contribution in [1.82, 2.24) is 9.97 Å². The van der Waals surface area contributed by atoms with E-state index in [1.54, 1.807) is 31.4 Å². The molecular formula is C27H23FN4O4. The van der Waals surface area contributed by atoms with E-state index in [2.05, 4.69) is 20.6 Å². The van der Waals surface area contributed by atoms with Crippen LogP contribution in [0.25, 0.3) is 10.9 Å². The second kappa shape index (κ2) is 9.26. The van der Waals surface area contributed by atoms with Crippen molar-refractivity contribution >= 4 is 34.1 Å². The molecule has 2 N–H and O–H groups in total. The van der Waals surface area contributed by atoms with E-state index in [0.29, 0.717) is 41.4 Å². The van der Waals surface area contributed by atoms with Gasteiger partial charge in [0.1, 0.15) is 29.1 Å². The fourth-order valence-electron chi connectivity index (χ4n) is 3.90. The number of fused-ring (bicyclic) bond motifs is 1. The molecule has 8 nitrogen and oxygen atoms in total. The van der Waals surface area contributed by atoms with Gasteiger partial charge in [-0.3, -0.25) is 9.59 Å². The molecule has 9 heteroatoms. The number of methoxy groups -OCH3 is 1. The highest BCUT2D eigenvalue weighted by atomic mass is 19.1. The standard InChI is InChI=1S/C27H23FN4O4/c1-16-13-21-22(14-23(16)35-2)29-15-30-24(21)36-20-9-7-19(8-10-20)32-26(34)27(11-12-27)25(33)31-18-5-3-17(28)4-6-18/h3-10,13-15H,11-12H2,1-2H3,(H,31,33)(H,32,34). The van der Waals surface area contributed by atoms with Gasteiger partial charge in [0, 0.05) is 17.4 Å². The van der Waals surface area contributed by atoms with Crippen molar-refractivity contribution in [3.63, 3.8) is 0 Å². The molecule has 182 valence electrons. The average Bonchev–Trinajstić information content (AvgIpc) is 3.69. The van der Waals surface area contributed by atoms with E-state index in [9.17, 15) is 14.0 Å². The van der Waals surface area contributed by atoms with E-state index < -0.39 is 17.1 Å². The Morgan fingerprint density at radius 3 is 2.11 bits per heavy atom. The van der Waals surface area contributed by atoms with Crippen LogP contribution in [0, 0.1) is 18.2 Å². The Morgan fingerprint density at radius 2 is 1.53 bits per heavy atom. The third-order valence-electron chi connectivity index (χ3n) is 6.16. The number of amides is 2. The number of nitrogens with zero attached hydrogens (tertiary/aromatic N) is 2. The second-order valence-electron chi connectivity index (χ2n) is 8.64. The Labute approximate surface area is 206 Å². The highest BCUT2D eigenvalue weighted by molar-refractivity contribution is 6.16. The minimum absolute atomic E-state index is 0.387. The van der Waals surface area contributed by atoms with Crippen LogP contribution in [0.1, 0.15) is 18.4 Å². The molecule has 0 saturated heterocycles. The van der Waals surface area contributed by atoms with Gasteiger partial charge in [0.2, 0.25) is 17.7 Å². The lowest BCUT2D eigenvalue weighted by Gasteiger charge is -2.16. The SMILES string of the molecule is COc1cc2ncnc(Oc3ccc(NC(=O)C4(C(=O)Nc5ccc(F)cc5)CC4)cc3)c2cc1C. The normalized spacial score (nSPS) is 13.6. The summed E-state index contributed by atoms with van der Waals surface area (Å²) in [6, 6.07) is 16.0. The number of carbonyl (C=O) groups is 2. The first kappa shape index (κ1) is 23.2. The topological polar surface area (TPSA) is 102 Å². The van der Waals surface area contributed by atoms with E-state index in [-0.39, 0.29) is 5.91 Å². The Balaban J connectivity index is 1.26. The quantitative estimate of drug-likeness (QED) is 0.347. The van der Waals surface area contributed by atoms with Crippen molar-refractivity contribution in [2.24, 2.45) is 5.41 Å². The maximum absolute atomic E-state index is 13.1. The summed E-state index contributed by atoms with van der Waals surface area (Å²) in [5.74, 6) is 0.458. The van der Waals surface area contributed by atoms with E-state index in [4.69, 9.17) is 9.47 Å². The largest absolute Gasteiger partial charge is 0.496 e. The van der Waals surface area contributed by atoms with Crippen LogP contribution in [0.2, 0.25) is 0 Å². The fraction of sp³-hybridized carbons (Fsp3) is 0.185. The lowest BCUT2D eigenvalue weighted by molar-refractivity contribution is -0.131. The molecule has 0 unspecified atom stereocenters. The zero-order valence-electron chi connectivity index (χ0n) is 19.7. The van der Waals surface area contributed by atoms with Crippen LogP contribution < -0.4 is 20.1 Å². The smallest absolute Gasteiger partial charge is 0.240 e. The van der Waals surface area contributed by atoms with Gasteiger partial charge < -0.3 is 20.1 Å². The van der Waals surface area contributed by atoms with Gasteiger partial charge in [0.15, 0.2) is 0 Å². The molecule has 2 amide bonds. The summed E-state index contributed by atoms with van der Waals surface area (Å²) in [5, 5.41) is 6.25. The number of nitrogens with one attached hydrogen (secondary N) is 2. The summed E-state index contributed by atoms with van der Waals surface area (Å²) >= 11 is 0. The number of aromatic nitrogens is 2. The number of aryl methyl sites for hydroxylation is 1. The van der Waals surface area contributed by atoms with Crippen molar-refractivity contribution in [2.45, 2.75) is 19.8 Å². The number of benzene rings is 3. The average molecular weight is 487 g/mol. The molecule has 0 atom stereocenters. The van der Waals surface area contributed by atoms with Crippen LogP contribution in [0.15, 0.2) is 67.0 Å². The number of halogens is 1. The summed E-state index contributed by atoms with van der Waals surface area (Å²) in [6.45, 7) is 1.93. The molecule has 0 radical (unpaired) electrons. The van der Waals surface area contributed by atoms with Gasteiger partial charge in [-0.1, -0.05) is 0 Å². The van der Waals surface area contributed by atoms with Crippen LogP contribution in [0.5, 0.6) is 17.4 Å². The molecule has 5 rings (SSSR count). The van der Waals surface area contributed by atoms with Crippen molar-refractivity contribution in [3.8, 4) is 17.4 Å². The van der Waals surface area contributed by atoms with Crippen molar-refractivity contribution in [2.75, 3.05) is 17.7 Å². The molecule has 0 aliphatic heterocycles. The first-order valence-electron chi connectivity index (χ1n) is 11.3. The highest BCUT2D eigenvalue weighted by Gasteiger charge is 2.56. The lowest BCUT2D eigenvalue weighted by atomic mass is 10.0. The highest BCUT2D eigenvalue weighted by Crippen LogP contribution is 2.47. The third-order valence-corrected chi connectivity index (χ3v) is 6.16. The van der Waals surface area contributed by atoms with Gasteiger partial charge >= 0.3 is 0 Å². The van der Waals surface area contributed by atoms with E-state index in [1.807, 2.05) is 19.1 Å². The molecule has 1 heterocycles. The van der Waals surface area contributed by atoms with Gasteiger partial charge in [-0.15, -0.1) is 0 Å². The van der Waals surface area contributed by atoms with Gasteiger partial charge in [0.25, 0.3) is 0 Å². The van der Waals surface area contributed by atoms with E-state index in [0.717, 1.165) is 16.7 Å². The molecule has 1 saturated carbocycles. The number of carbonyl (C=O) groups excluding carboxylic acids is 2. The second-order valence-corrected chi connectivity index (χ2v) is 8.64. The number of hydrogen-bond donors (Lipinski definition) is 2. The zero-order valence-corrected chi connectivity index (χ0v) is 19.7. The van der Waals surface area contributed by atoms with Gasteiger partial charge in [0.05, 0.1) is 18.0 Å². The molecular weight excluding hydrogens is 463 g/mol. The Morgan fingerprint density at radius 1 is 0.917 bits per heavy atom. The molecule has 1 fully saturated rings. The molecule has 1 aliphatic rings.